The first kappa shape index (κ1) is 18.1. The molecular formula is C17H21N3O3S2. The van der Waals surface area contributed by atoms with E-state index in [0.29, 0.717) is 6.54 Å². The molecule has 1 aromatic carbocycles. The number of primary sulfonamides is 1. The first-order chi connectivity index (χ1) is 11.9. The van der Waals surface area contributed by atoms with Gasteiger partial charge in [0.15, 0.2) is 0 Å². The number of likely N-dealkylation sites (tertiary alicyclic amines) is 1. The summed E-state index contributed by atoms with van der Waals surface area (Å²) in [4.78, 5) is 15.6. The maximum atomic E-state index is 12.9. The van der Waals surface area contributed by atoms with Crippen molar-refractivity contribution in [1.82, 2.24) is 10.2 Å². The number of sulfonamides is 1. The minimum atomic E-state index is -3.69. The van der Waals surface area contributed by atoms with Crippen LogP contribution in [-0.4, -0.2) is 32.3 Å². The first-order valence-electron chi connectivity index (χ1n) is 8.14. The molecule has 0 bridgehead atoms. The van der Waals surface area contributed by atoms with Crippen LogP contribution < -0.4 is 10.5 Å². The molecule has 3 rings (SSSR count). The van der Waals surface area contributed by atoms with Crippen LogP contribution in [0.2, 0.25) is 0 Å². The standard InChI is InChI=1S/C17H21N3O3S2/c18-25(22,23)15-9-8-14(24-15)12-19-16(13-6-2-1-3-7-13)17(21)20-10-4-5-11-20/h1-3,6-9,16,19H,4-5,10-12H2,(H2,18,22,23)/t16-/m1/s1. The summed E-state index contributed by atoms with van der Waals surface area (Å²) < 4.78 is 22.9. The Hall–Kier alpha value is -1.74. The van der Waals surface area contributed by atoms with E-state index in [4.69, 9.17) is 5.14 Å². The summed E-state index contributed by atoms with van der Waals surface area (Å²) in [5, 5.41) is 8.43. The van der Waals surface area contributed by atoms with E-state index in [1.807, 2.05) is 35.2 Å². The molecule has 0 spiro atoms. The third-order valence-corrected chi connectivity index (χ3v) is 6.72. The van der Waals surface area contributed by atoms with Crippen LogP contribution in [0.5, 0.6) is 0 Å². The summed E-state index contributed by atoms with van der Waals surface area (Å²) in [5.41, 5.74) is 0.905. The zero-order chi connectivity index (χ0) is 17.9. The number of nitrogens with zero attached hydrogens (tertiary/aromatic N) is 1. The quantitative estimate of drug-likeness (QED) is 0.801. The van der Waals surface area contributed by atoms with Crippen molar-refractivity contribution >= 4 is 27.3 Å². The van der Waals surface area contributed by atoms with E-state index >= 15 is 0 Å². The molecule has 134 valence electrons. The molecule has 6 nitrogen and oxygen atoms in total. The van der Waals surface area contributed by atoms with Crippen molar-refractivity contribution < 1.29 is 13.2 Å². The Balaban J connectivity index is 1.76. The number of hydrogen-bond donors (Lipinski definition) is 2. The molecule has 0 aliphatic carbocycles. The van der Waals surface area contributed by atoms with Crippen LogP contribution in [0, 0.1) is 0 Å². The second-order valence-corrected chi connectivity index (χ2v) is 8.98. The van der Waals surface area contributed by atoms with Crippen LogP contribution in [0.3, 0.4) is 0 Å². The smallest absolute Gasteiger partial charge is 0.247 e. The van der Waals surface area contributed by atoms with Gasteiger partial charge in [-0.2, -0.15) is 0 Å². The molecule has 0 unspecified atom stereocenters. The fraction of sp³-hybridized carbons (Fsp3) is 0.353. The Morgan fingerprint density at radius 3 is 2.44 bits per heavy atom. The summed E-state index contributed by atoms with van der Waals surface area (Å²) >= 11 is 1.12. The summed E-state index contributed by atoms with van der Waals surface area (Å²) in [7, 11) is -3.69. The van der Waals surface area contributed by atoms with Gasteiger partial charge in [-0.1, -0.05) is 30.3 Å². The van der Waals surface area contributed by atoms with Gasteiger partial charge in [0, 0.05) is 24.5 Å². The second-order valence-electron chi connectivity index (χ2n) is 6.02. The number of carbonyl (C=O) groups excluding carboxylic acids is 1. The fourth-order valence-electron chi connectivity index (χ4n) is 2.92. The normalized spacial score (nSPS) is 16.1. The zero-order valence-electron chi connectivity index (χ0n) is 13.7. The number of nitrogens with one attached hydrogen (secondary N) is 1. The van der Waals surface area contributed by atoms with E-state index < -0.39 is 16.1 Å². The van der Waals surface area contributed by atoms with Gasteiger partial charge < -0.3 is 4.90 Å². The van der Waals surface area contributed by atoms with Gasteiger partial charge in [-0.15, -0.1) is 11.3 Å². The molecule has 3 N–H and O–H groups in total. The second kappa shape index (κ2) is 7.65. The Morgan fingerprint density at radius 2 is 1.84 bits per heavy atom. The minimum Gasteiger partial charge on any atom is -0.341 e. The molecule has 1 aliphatic heterocycles. The number of benzene rings is 1. The summed E-state index contributed by atoms with van der Waals surface area (Å²) in [6.45, 7) is 1.98. The Labute approximate surface area is 151 Å². The number of amides is 1. The maximum Gasteiger partial charge on any atom is 0.247 e. The molecule has 2 heterocycles. The summed E-state index contributed by atoms with van der Waals surface area (Å²) in [6.07, 6.45) is 2.08. The Kier molecular flexibility index (Phi) is 5.53. The third-order valence-electron chi connectivity index (χ3n) is 4.20. The van der Waals surface area contributed by atoms with E-state index in [9.17, 15) is 13.2 Å². The maximum absolute atomic E-state index is 12.9. The highest BCUT2D eigenvalue weighted by Crippen LogP contribution is 2.23. The van der Waals surface area contributed by atoms with E-state index in [1.165, 1.54) is 6.07 Å². The lowest BCUT2D eigenvalue weighted by Crippen LogP contribution is -2.39. The van der Waals surface area contributed by atoms with Crippen molar-refractivity contribution in [3.63, 3.8) is 0 Å². The Morgan fingerprint density at radius 1 is 1.16 bits per heavy atom. The van der Waals surface area contributed by atoms with E-state index in [2.05, 4.69) is 5.32 Å². The minimum absolute atomic E-state index is 0.0620. The van der Waals surface area contributed by atoms with Gasteiger partial charge in [0.1, 0.15) is 10.3 Å². The SMILES string of the molecule is NS(=O)(=O)c1ccc(CN[C@@H](C(=O)N2CCCC2)c2ccccc2)s1. The fourth-order valence-corrected chi connectivity index (χ4v) is 4.65. The number of thiophene rings is 1. The van der Waals surface area contributed by atoms with E-state index in [0.717, 1.165) is 47.7 Å². The number of rotatable bonds is 6. The monoisotopic (exact) mass is 379 g/mol. The topological polar surface area (TPSA) is 92.5 Å². The van der Waals surface area contributed by atoms with Gasteiger partial charge in [-0.05, 0) is 30.5 Å². The molecule has 1 saturated heterocycles. The molecule has 2 aromatic rings. The zero-order valence-corrected chi connectivity index (χ0v) is 15.4. The molecule has 1 fully saturated rings. The van der Waals surface area contributed by atoms with Crippen molar-refractivity contribution in [2.45, 2.75) is 29.6 Å². The number of hydrogen-bond acceptors (Lipinski definition) is 5. The van der Waals surface area contributed by atoms with E-state index in [-0.39, 0.29) is 10.1 Å². The molecule has 1 aliphatic rings. The van der Waals surface area contributed by atoms with Crippen molar-refractivity contribution in [3.05, 3.63) is 52.9 Å². The Bertz CT molecular complexity index is 828. The van der Waals surface area contributed by atoms with Gasteiger partial charge in [-0.25, -0.2) is 13.6 Å². The predicted molar refractivity (Wildman–Crippen MR) is 97.5 cm³/mol. The van der Waals surface area contributed by atoms with Gasteiger partial charge >= 0.3 is 0 Å². The predicted octanol–water partition coefficient (Wildman–Crippen LogP) is 1.85. The van der Waals surface area contributed by atoms with Crippen LogP contribution in [0.1, 0.15) is 29.3 Å². The molecule has 25 heavy (non-hydrogen) atoms. The molecule has 1 atom stereocenters. The van der Waals surface area contributed by atoms with Gasteiger partial charge in [0.25, 0.3) is 0 Å². The van der Waals surface area contributed by atoms with Crippen molar-refractivity contribution in [2.24, 2.45) is 5.14 Å². The molecular weight excluding hydrogens is 358 g/mol. The van der Waals surface area contributed by atoms with Crippen LogP contribution in [-0.2, 0) is 21.4 Å². The average molecular weight is 380 g/mol. The third kappa shape index (κ3) is 4.46. The van der Waals surface area contributed by atoms with Crippen LogP contribution in [0.15, 0.2) is 46.7 Å². The number of carbonyl (C=O) groups is 1. The summed E-state index contributed by atoms with van der Waals surface area (Å²) in [5.74, 6) is 0.0620. The molecule has 0 radical (unpaired) electrons. The lowest BCUT2D eigenvalue weighted by Gasteiger charge is -2.24. The average Bonchev–Trinajstić information content (AvgIpc) is 3.27. The van der Waals surface area contributed by atoms with Crippen molar-refractivity contribution in [2.75, 3.05) is 13.1 Å². The lowest BCUT2D eigenvalue weighted by atomic mass is 10.1. The van der Waals surface area contributed by atoms with Crippen LogP contribution in [0.25, 0.3) is 0 Å². The van der Waals surface area contributed by atoms with Crippen LogP contribution in [0.4, 0.5) is 0 Å². The highest BCUT2D eigenvalue weighted by atomic mass is 32.2. The number of nitrogens with two attached hydrogens (primary N) is 1. The lowest BCUT2D eigenvalue weighted by molar-refractivity contribution is -0.132. The summed E-state index contributed by atoms with van der Waals surface area (Å²) in [6, 6.07) is 12.4. The highest BCUT2D eigenvalue weighted by Gasteiger charge is 2.27. The van der Waals surface area contributed by atoms with Crippen molar-refractivity contribution in [3.8, 4) is 0 Å². The van der Waals surface area contributed by atoms with Gasteiger partial charge in [0.2, 0.25) is 15.9 Å². The largest absolute Gasteiger partial charge is 0.341 e. The molecule has 0 saturated carbocycles. The van der Waals surface area contributed by atoms with Gasteiger partial charge in [0.05, 0.1) is 0 Å². The van der Waals surface area contributed by atoms with E-state index in [1.54, 1.807) is 6.07 Å². The van der Waals surface area contributed by atoms with Crippen molar-refractivity contribution in [1.29, 1.82) is 0 Å². The first-order valence-corrected chi connectivity index (χ1v) is 10.5. The molecule has 8 heteroatoms. The van der Waals surface area contributed by atoms with Crippen LogP contribution >= 0.6 is 11.3 Å². The van der Waals surface area contributed by atoms with Gasteiger partial charge in [-0.3, -0.25) is 10.1 Å². The molecule has 1 aromatic heterocycles. The highest BCUT2D eigenvalue weighted by molar-refractivity contribution is 7.91. The molecule has 1 amide bonds.